The van der Waals surface area contributed by atoms with Crippen LogP contribution in [0.3, 0.4) is 0 Å². The Morgan fingerprint density at radius 3 is 2.86 bits per heavy atom. The third kappa shape index (κ3) is 3.71. The largest absolute Gasteiger partial charge is 0.481 e. The van der Waals surface area contributed by atoms with E-state index >= 15 is 0 Å². The lowest BCUT2D eigenvalue weighted by Crippen LogP contribution is -2.35. The minimum atomic E-state index is -0.919. The van der Waals surface area contributed by atoms with Crippen molar-refractivity contribution in [1.29, 1.82) is 0 Å². The first kappa shape index (κ1) is 14.8. The van der Waals surface area contributed by atoms with Crippen molar-refractivity contribution in [3.05, 3.63) is 18.2 Å². The Hall–Kier alpha value is -2.57. The van der Waals surface area contributed by atoms with Crippen LogP contribution in [-0.4, -0.2) is 36.5 Å². The molecular weight excluding hydrogens is 276 g/mol. The van der Waals surface area contributed by atoms with Gasteiger partial charge >= 0.3 is 5.97 Å². The Morgan fingerprint density at radius 1 is 1.38 bits per heavy atom. The summed E-state index contributed by atoms with van der Waals surface area (Å²) < 4.78 is 5.32. The van der Waals surface area contributed by atoms with Crippen LogP contribution in [0.25, 0.3) is 0 Å². The molecule has 1 heterocycles. The molecule has 1 aromatic carbocycles. The number of carbonyl (C=O) groups excluding carboxylic acids is 2. The molecule has 0 bridgehead atoms. The van der Waals surface area contributed by atoms with Crippen molar-refractivity contribution in [1.82, 2.24) is 0 Å². The Labute approximate surface area is 121 Å². The van der Waals surface area contributed by atoms with Crippen LogP contribution >= 0.6 is 0 Å². The van der Waals surface area contributed by atoms with Crippen LogP contribution in [0.1, 0.15) is 19.3 Å². The van der Waals surface area contributed by atoms with Gasteiger partial charge in [0, 0.05) is 31.6 Å². The Kier molecular flexibility index (Phi) is 4.42. The number of carbonyl (C=O) groups is 3. The molecule has 21 heavy (non-hydrogen) atoms. The maximum Gasteiger partial charge on any atom is 0.303 e. The van der Waals surface area contributed by atoms with E-state index in [-0.39, 0.29) is 31.3 Å². The summed E-state index contributed by atoms with van der Waals surface area (Å²) >= 11 is 0. The molecule has 1 aliphatic rings. The maximum atomic E-state index is 11.7. The molecule has 0 aliphatic carbocycles. The fraction of sp³-hybridized carbons (Fsp3) is 0.357. The van der Waals surface area contributed by atoms with Gasteiger partial charge in [0.2, 0.25) is 5.91 Å². The molecular formula is C14H16N2O5. The summed E-state index contributed by atoms with van der Waals surface area (Å²) in [7, 11) is 1.66. The van der Waals surface area contributed by atoms with Crippen LogP contribution in [0.5, 0.6) is 5.75 Å². The molecule has 2 rings (SSSR count). The Bertz CT molecular complexity index is 585. The maximum absolute atomic E-state index is 11.7. The van der Waals surface area contributed by atoms with Gasteiger partial charge in [0.25, 0.3) is 5.91 Å². The predicted octanol–water partition coefficient (Wildman–Crippen LogP) is 1.24. The molecule has 7 nitrogen and oxygen atoms in total. The summed E-state index contributed by atoms with van der Waals surface area (Å²) in [6.45, 7) is -0.0283. The first-order valence-electron chi connectivity index (χ1n) is 6.52. The molecule has 7 heteroatoms. The highest BCUT2D eigenvalue weighted by Gasteiger charge is 2.22. The number of nitrogens with one attached hydrogen (secondary N) is 1. The Balaban J connectivity index is 1.98. The smallest absolute Gasteiger partial charge is 0.303 e. The Morgan fingerprint density at radius 2 is 2.14 bits per heavy atom. The standard InChI is InChI=1S/C14H16N2O5/c1-16-10-6-5-9(7-11(10)21-8-13(16)18)15-12(17)3-2-4-14(19)20/h5-7H,2-4,8H2,1H3,(H,15,17)(H,19,20). The van der Waals surface area contributed by atoms with Crippen molar-refractivity contribution in [2.45, 2.75) is 19.3 Å². The minimum absolute atomic E-state index is 0.0283. The molecule has 2 N–H and O–H groups in total. The van der Waals surface area contributed by atoms with E-state index < -0.39 is 5.97 Å². The fourth-order valence-electron chi connectivity index (χ4n) is 1.98. The number of benzene rings is 1. The zero-order valence-electron chi connectivity index (χ0n) is 11.6. The summed E-state index contributed by atoms with van der Waals surface area (Å²) in [4.78, 5) is 35.0. The first-order valence-corrected chi connectivity index (χ1v) is 6.52. The highest BCUT2D eigenvalue weighted by atomic mass is 16.5. The number of nitrogens with zero attached hydrogens (tertiary/aromatic N) is 1. The number of aliphatic carboxylic acids is 1. The summed E-state index contributed by atoms with van der Waals surface area (Å²) in [5.74, 6) is -0.775. The van der Waals surface area contributed by atoms with Crippen LogP contribution in [0.4, 0.5) is 11.4 Å². The van der Waals surface area contributed by atoms with Crippen LogP contribution in [0.15, 0.2) is 18.2 Å². The van der Waals surface area contributed by atoms with E-state index in [4.69, 9.17) is 9.84 Å². The second kappa shape index (κ2) is 6.25. The normalized spacial score (nSPS) is 13.4. The molecule has 112 valence electrons. The van der Waals surface area contributed by atoms with Crippen molar-refractivity contribution in [3.8, 4) is 5.75 Å². The summed E-state index contributed by atoms with van der Waals surface area (Å²) in [5.41, 5.74) is 1.20. The lowest BCUT2D eigenvalue weighted by Gasteiger charge is -2.26. The first-order chi connectivity index (χ1) is 9.97. The van der Waals surface area contributed by atoms with Gasteiger partial charge in [-0.1, -0.05) is 0 Å². The number of carboxylic acid groups (broad SMARTS) is 1. The highest BCUT2D eigenvalue weighted by Crippen LogP contribution is 2.33. The second-order valence-corrected chi connectivity index (χ2v) is 4.72. The molecule has 0 saturated carbocycles. The zero-order valence-corrected chi connectivity index (χ0v) is 11.6. The van der Waals surface area contributed by atoms with Gasteiger partial charge in [0.1, 0.15) is 5.75 Å². The molecule has 0 atom stereocenters. The van der Waals surface area contributed by atoms with E-state index in [1.54, 1.807) is 25.2 Å². The predicted molar refractivity (Wildman–Crippen MR) is 75.5 cm³/mol. The molecule has 0 aromatic heterocycles. The summed E-state index contributed by atoms with van der Waals surface area (Å²) in [5, 5.41) is 11.2. The van der Waals surface area contributed by atoms with E-state index in [0.717, 1.165) is 0 Å². The number of hydrogen-bond acceptors (Lipinski definition) is 4. The van der Waals surface area contributed by atoms with E-state index in [1.165, 1.54) is 4.90 Å². The number of likely N-dealkylation sites (N-methyl/N-ethyl adjacent to an activating group) is 1. The monoisotopic (exact) mass is 292 g/mol. The second-order valence-electron chi connectivity index (χ2n) is 4.72. The number of carboxylic acids is 1. The van der Waals surface area contributed by atoms with E-state index in [1.807, 2.05) is 0 Å². The van der Waals surface area contributed by atoms with E-state index in [0.29, 0.717) is 23.5 Å². The van der Waals surface area contributed by atoms with Crippen LogP contribution in [0, 0.1) is 0 Å². The molecule has 0 fully saturated rings. The fourth-order valence-corrected chi connectivity index (χ4v) is 1.98. The van der Waals surface area contributed by atoms with E-state index in [2.05, 4.69) is 5.32 Å². The van der Waals surface area contributed by atoms with Crippen LogP contribution < -0.4 is 15.0 Å². The molecule has 0 spiro atoms. The van der Waals surface area contributed by atoms with Crippen molar-refractivity contribution in [3.63, 3.8) is 0 Å². The van der Waals surface area contributed by atoms with Crippen LogP contribution in [0.2, 0.25) is 0 Å². The van der Waals surface area contributed by atoms with Crippen molar-refractivity contribution < 1.29 is 24.2 Å². The lowest BCUT2D eigenvalue weighted by atomic mass is 10.2. The summed E-state index contributed by atoms with van der Waals surface area (Å²) in [6, 6.07) is 5.01. The van der Waals surface area contributed by atoms with Crippen LogP contribution in [-0.2, 0) is 14.4 Å². The highest BCUT2D eigenvalue weighted by molar-refractivity contribution is 5.98. The van der Waals surface area contributed by atoms with Gasteiger partial charge in [-0.2, -0.15) is 0 Å². The van der Waals surface area contributed by atoms with Crippen molar-refractivity contribution in [2.75, 3.05) is 23.9 Å². The van der Waals surface area contributed by atoms with Gasteiger partial charge in [-0.15, -0.1) is 0 Å². The molecule has 1 aromatic rings. The van der Waals surface area contributed by atoms with Gasteiger partial charge < -0.3 is 20.1 Å². The molecule has 1 aliphatic heterocycles. The quantitative estimate of drug-likeness (QED) is 0.851. The van der Waals surface area contributed by atoms with Crippen molar-refractivity contribution >= 4 is 29.2 Å². The van der Waals surface area contributed by atoms with E-state index in [9.17, 15) is 14.4 Å². The van der Waals surface area contributed by atoms with Gasteiger partial charge in [0.15, 0.2) is 6.61 Å². The third-order valence-corrected chi connectivity index (χ3v) is 3.12. The zero-order chi connectivity index (χ0) is 15.4. The topological polar surface area (TPSA) is 95.9 Å². The van der Waals surface area contributed by atoms with Gasteiger partial charge in [-0.05, 0) is 18.6 Å². The third-order valence-electron chi connectivity index (χ3n) is 3.12. The number of ether oxygens (including phenoxy) is 1. The lowest BCUT2D eigenvalue weighted by molar-refractivity contribution is -0.137. The number of rotatable bonds is 5. The summed E-state index contributed by atoms with van der Waals surface area (Å²) in [6.07, 6.45) is 0.399. The number of anilines is 2. The number of fused-ring (bicyclic) bond motifs is 1. The van der Waals surface area contributed by atoms with Gasteiger partial charge in [-0.25, -0.2) is 0 Å². The number of amides is 2. The minimum Gasteiger partial charge on any atom is -0.481 e. The molecule has 0 saturated heterocycles. The van der Waals surface area contributed by atoms with Gasteiger partial charge in [-0.3, -0.25) is 14.4 Å². The van der Waals surface area contributed by atoms with Gasteiger partial charge in [0.05, 0.1) is 5.69 Å². The molecule has 0 radical (unpaired) electrons. The molecule has 0 unspecified atom stereocenters. The average molecular weight is 292 g/mol. The SMILES string of the molecule is CN1C(=O)COc2cc(NC(=O)CCCC(=O)O)ccc21. The average Bonchev–Trinajstić information content (AvgIpc) is 2.42. The molecule has 2 amide bonds. The van der Waals surface area contributed by atoms with Crippen molar-refractivity contribution in [2.24, 2.45) is 0 Å². The number of hydrogen-bond donors (Lipinski definition) is 2.